The molecular formula is C15H29NO. The minimum Gasteiger partial charge on any atom is -0.375 e. The Labute approximate surface area is 107 Å². The minimum atomic E-state index is 0.200. The van der Waals surface area contributed by atoms with Crippen molar-refractivity contribution in [3.63, 3.8) is 0 Å². The van der Waals surface area contributed by atoms with Gasteiger partial charge in [0.1, 0.15) is 0 Å². The Morgan fingerprint density at radius 3 is 2.82 bits per heavy atom. The molecule has 2 fully saturated rings. The van der Waals surface area contributed by atoms with Gasteiger partial charge in [-0.15, -0.1) is 0 Å². The van der Waals surface area contributed by atoms with Gasteiger partial charge in [-0.05, 0) is 50.5 Å². The molecule has 1 spiro atoms. The normalized spacial score (nSPS) is 37.2. The highest BCUT2D eigenvalue weighted by Crippen LogP contribution is 2.46. The van der Waals surface area contributed by atoms with Gasteiger partial charge in [-0.1, -0.05) is 27.2 Å². The van der Waals surface area contributed by atoms with E-state index in [9.17, 15) is 0 Å². The predicted molar refractivity (Wildman–Crippen MR) is 72.2 cm³/mol. The second-order valence-electron chi connectivity index (χ2n) is 6.87. The zero-order valence-electron chi connectivity index (χ0n) is 11.8. The van der Waals surface area contributed by atoms with Gasteiger partial charge in [-0.25, -0.2) is 0 Å². The lowest BCUT2D eigenvalue weighted by Gasteiger charge is -2.49. The second kappa shape index (κ2) is 5.27. The highest BCUT2D eigenvalue weighted by atomic mass is 16.5. The van der Waals surface area contributed by atoms with Gasteiger partial charge in [0.2, 0.25) is 0 Å². The molecule has 2 heteroatoms. The second-order valence-corrected chi connectivity index (χ2v) is 6.87. The van der Waals surface area contributed by atoms with Gasteiger partial charge < -0.3 is 10.1 Å². The van der Waals surface area contributed by atoms with Crippen LogP contribution in [0, 0.1) is 5.41 Å². The molecule has 2 nitrogen and oxygen atoms in total. The maximum absolute atomic E-state index is 6.21. The molecule has 2 atom stereocenters. The van der Waals surface area contributed by atoms with Crippen LogP contribution in [0.4, 0.5) is 0 Å². The summed E-state index contributed by atoms with van der Waals surface area (Å²) in [6.07, 6.45) is 8.90. The van der Waals surface area contributed by atoms with Crippen molar-refractivity contribution in [2.45, 2.75) is 77.4 Å². The van der Waals surface area contributed by atoms with Gasteiger partial charge in [0.05, 0.1) is 5.60 Å². The van der Waals surface area contributed by atoms with Gasteiger partial charge in [0, 0.05) is 12.6 Å². The number of hydrogen-bond donors (Lipinski definition) is 1. The number of ether oxygens (including phenoxy) is 1. The fourth-order valence-electron chi connectivity index (χ4n) is 3.79. The van der Waals surface area contributed by atoms with Crippen molar-refractivity contribution in [2.75, 3.05) is 13.2 Å². The third-order valence-electron chi connectivity index (χ3n) is 4.46. The van der Waals surface area contributed by atoms with Crippen molar-refractivity contribution in [3.8, 4) is 0 Å². The van der Waals surface area contributed by atoms with E-state index in [1.54, 1.807) is 0 Å². The summed E-state index contributed by atoms with van der Waals surface area (Å²) in [4.78, 5) is 0. The first-order chi connectivity index (χ1) is 8.05. The SMILES string of the molecule is CCCNC1CCOC2(CCCC(C)(C)C2)C1. The monoisotopic (exact) mass is 239 g/mol. The lowest BCUT2D eigenvalue weighted by atomic mass is 9.67. The van der Waals surface area contributed by atoms with Crippen LogP contribution in [0.25, 0.3) is 0 Å². The molecular weight excluding hydrogens is 210 g/mol. The first kappa shape index (κ1) is 13.4. The quantitative estimate of drug-likeness (QED) is 0.814. The van der Waals surface area contributed by atoms with Crippen LogP contribution in [0.3, 0.4) is 0 Å². The summed E-state index contributed by atoms with van der Waals surface area (Å²) >= 11 is 0. The van der Waals surface area contributed by atoms with Crippen molar-refractivity contribution in [1.82, 2.24) is 5.32 Å². The highest BCUT2D eigenvalue weighted by Gasteiger charge is 2.43. The maximum Gasteiger partial charge on any atom is 0.0702 e. The largest absolute Gasteiger partial charge is 0.375 e. The third kappa shape index (κ3) is 3.45. The van der Waals surface area contributed by atoms with E-state index in [1.165, 1.54) is 44.9 Å². The van der Waals surface area contributed by atoms with Gasteiger partial charge in [0.15, 0.2) is 0 Å². The smallest absolute Gasteiger partial charge is 0.0702 e. The number of nitrogens with one attached hydrogen (secondary N) is 1. The molecule has 2 unspecified atom stereocenters. The summed E-state index contributed by atoms with van der Waals surface area (Å²) in [5.41, 5.74) is 0.677. The lowest BCUT2D eigenvalue weighted by molar-refractivity contribution is -0.131. The number of rotatable bonds is 3. The van der Waals surface area contributed by atoms with E-state index in [-0.39, 0.29) is 5.60 Å². The van der Waals surface area contributed by atoms with E-state index in [0.29, 0.717) is 11.5 Å². The minimum absolute atomic E-state index is 0.200. The van der Waals surface area contributed by atoms with Crippen molar-refractivity contribution in [3.05, 3.63) is 0 Å². The molecule has 0 aromatic heterocycles. The van der Waals surface area contributed by atoms with E-state index < -0.39 is 0 Å². The topological polar surface area (TPSA) is 21.3 Å². The van der Waals surface area contributed by atoms with Gasteiger partial charge in [0.25, 0.3) is 0 Å². The molecule has 17 heavy (non-hydrogen) atoms. The van der Waals surface area contributed by atoms with Crippen LogP contribution >= 0.6 is 0 Å². The van der Waals surface area contributed by atoms with Crippen LogP contribution in [0.2, 0.25) is 0 Å². The highest BCUT2D eigenvalue weighted by molar-refractivity contribution is 4.96. The van der Waals surface area contributed by atoms with E-state index in [4.69, 9.17) is 4.74 Å². The number of hydrogen-bond acceptors (Lipinski definition) is 2. The fraction of sp³-hybridized carbons (Fsp3) is 1.00. The van der Waals surface area contributed by atoms with Crippen molar-refractivity contribution < 1.29 is 4.74 Å². The summed E-state index contributed by atoms with van der Waals surface area (Å²) in [6, 6.07) is 0.692. The maximum atomic E-state index is 6.21. The Hall–Kier alpha value is -0.0800. The van der Waals surface area contributed by atoms with E-state index in [0.717, 1.165) is 13.2 Å². The molecule has 0 radical (unpaired) electrons. The molecule has 0 amide bonds. The van der Waals surface area contributed by atoms with E-state index >= 15 is 0 Å². The van der Waals surface area contributed by atoms with Crippen LogP contribution in [-0.4, -0.2) is 24.8 Å². The fourth-order valence-corrected chi connectivity index (χ4v) is 3.79. The van der Waals surface area contributed by atoms with Crippen molar-refractivity contribution >= 4 is 0 Å². The molecule has 1 saturated carbocycles. The average molecular weight is 239 g/mol. The Morgan fingerprint density at radius 1 is 1.29 bits per heavy atom. The zero-order valence-corrected chi connectivity index (χ0v) is 11.8. The molecule has 2 rings (SSSR count). The average Bonchev–Trinajstić information content (AvgIpc) is 2.25. The van der Waals surface area contributed by atoms with Gasteiger partial charge in [-0.3, -0.25) is 0 Å². The van der Waals surface area contributed by atoms with Crippen LogP contribution < -0.4 is 5.32 Å². The summed E-state index contributed by atoms with van der Waals surface area (Å²) in [5, 5.41) is 3.69. The molecule has 0 aromatic rings. The van der Waals surface area contributed by atoms with Crippen LogP contribution in [0.1, 0.15) is 65.7 Å². The Kier molecular flexibility index (Phi) is 4.14. The van der Waals surface area contributed by atoms with Crippen molar-refractivity contribution in [1.29, 1.82) is 0 Å². The molecule has 1 saturated heterocycles. The molecule has 0 bridgehead atoms. The molecule has 1 aliphatic heterocycles. The Bertz CT molecular complexity index is 247. The summed E-state index contributed by atoms with van der Waals surface area (Å²) in [6.45, 7) is 9.16. The Morgan fingerprint density at radius 2 is 2.12 bits per heavy atom. The summed E-state index contributed by atoms with van der Waals surface area (Å²) < 4.78 is 6.21. The van der Waals surface area contributed by atoms with E-state index in [1.807, 2.05) is 0 Å². The predicted octanol–water partition coefficient (Wildman–Crippen LogP) is 3.50. The first-order valence-electron chi connectivity index (χ1n) is 7.43. The van der Waals surface area contributed by atoms with E-state index in [2.05, 4.69) is 26.1 Å². The lowest BCUT2D eigenvalue weighted by Crippen LogP contribution is -2.50. The molecule has 1 aliphatic carbocycles. The molecule has 1 heterocycles. The van der Waals surface area contributed by atoms with Gasteiger partial charge >= 0.3 is 0 Å². The standard InChI is InChI=1S/C15H29NO/c1-4-9-16-13-6-10-17-15(11-13)8-5-7-14(2,3)12-15/h13,16H,4-12H2,1-3H3. The molecule has 2 aliphatic rings. The van der Waals surface area contributed by atoms with Crippen LogP contribution in [-0.2, 0) is 4.74 Å². The van der Waals surface area contributed by atoms with Gasteiger partial charge in [-0.2, -0.15) is 0 Å². The molecule has 0 aromatic carbocycles. The molecule has 100 valence electrons. The van der Waals surface area contributed by atoms with Crippen LogP contribution in [0.5, 0.6) is 0 Å². The summed E-state index contributed by atoms with van der Waals surface area (Å²) in [5.74, 6) is 0. The first-order valence-corrected chi connectivity index (χ1v) is 7.43. The Balaban J connectivity index is 1.94. The van der Waals surface area contributed by atoms with Crippen molar-refractivity contribution in [2.24, 2.45) is 5.41 Å². The molecule has 1 N–H and O–H groups in total. The zero-order chi connectivity index (χ0) is 12.4. The van der Waals surface area contributed by atoms with Crippen LogP contribution in [0.15, 0.2) is 0 Å². The third-order valence-corrected chi connectivity index (χ3v) is 4.46. The summed E-state index contributed by atoms with van der Waals surface area (Å²) in [7, 11) is 0.